The number of ether oxygens (including phenoxy) is 1. The SMILES string of the molecule is CCC(C)(Cn1nnnc1C(C)OC)C(=O)O. The number of methoxy groups -OCH3 is 1. The number of rotatable bonds is 6. The van der Waals surface area contributed by atoms with Crippen LogP contribution in [0.2, 0.25) is 0 Å². The van der Waals surface area contributed by atoms with E-state index >= 15 is 0 Å². The Morgan fingerprint density at radius 2 is 2.29 bits per heavy atom. The van der Waals surface area contributed by atoms with Crippen molar-refractivity contribution in [2.75, 3.05) is 7.11 Å². The monoisotopic (exact) mass is 242 g/mol. The minimum Gasteiger partial charge on any atom is -0.481 e. The van der Waals surface area contributed by atoms with Gasteiger partial charge in [-0.2, -0.15) is 0 Å². The second kappa shape index (κ2) is 5.22. The number of hydrogen-bond acceptors (Lipinski definition) is 5. The molecule has 1 rings (SSSR count). The van der Waals surface area contributed by atoms with Crippen molar-refractivity contribution < 1.29 is 14.6 Å². The second-order valence-corrected chi connectivity index (χ2v) is 4.29. The van der Waals surface area contributed by atoms with E-state index in [-0.39, 0.29) is 12.6 Å². The first-order valence-corrected chi connectivity index (χ1v) is 5.47. The molecule has 7 nitrogen and oxygen atoms in total. The zero-order chi connectivity index (χ0) is 13.1. The molecule has 0 saturated carbocycles. The van der Waals surface area contributed by atoms with Crippen LogP contribution in [0, 0.1) is 5.41 Å². The van der Waals surface area contributed by atoms with E-state index in [4.69, 9.17) is 4.74 Å². The molecule has 0 aliphatic rings. The van der Waals surface area contributed by atoms with Crippen LogP contribution in [-0.2, 0) is 16.1 Å². The molecule has 1 N–H and O–H groups in total. The number of aliphatic carboxylic acids is 1. The van der Waals surface area contributed by atoms with E-state index in [1.807, 2.05) is 13.8 Å². The van der Waals surface area contributed by atoms with E-state index < -0.39 is 11.4 Å². The first kappa shape index (κ1) is 13.6. The van der Waals surface area contributed by atoms with Gasteiger partial charge in [0, 0.05) is 7.11 Å². The summed E-state index contributed by atoms with van der Waals surface area (Å²) in [4.78, 5) is 11.2. The molecule has 0 aliphatic carbocycles. The Morgan fingerprint density at radius 1 is 1.65 bits per heavy atom. The first-order valence-electron chi connectivity index (χ1n) is 5.47. The van der Waals surface area contributed by atoms with Crippen molar-refractivity contribution in [2.24, 2.45) is 5.41 Å². The van der Waals surface area contributed by atoms with Crippen LogP contribution in [0.5, 0.6) is 0 Å². The maximum atomic E-state index is 11.2. The van der Waals surface area contributed by atoms with Gasteiger partial charge < -0.3 is 9.84 Å². The number of carbonyl (C=O) groups is 1. The largest absolute Gasteiger partial charge is 0.481 e. The number of carboxylic acids is 1. The lowest BCUT2D eigenvalue weighted by Gasteiger charge is -2.23. The molecule has 0 spiro atoms. The molecule has 1 aromatic heterocycles. The first-order chi connectivity index (χ1) is 7.94. The van der Waals surface area contributed by atoms with Gasteiger partial charge in [0.1, 0.15) is 6.10 Å². The molecule has 2 unspecified atom stereocenters. The van der Waals surface area contributed by atoms with Crippen LogP contribution in [0.25, 0.3) is 0 Å². The summed E-state index contributed by atoms with van der Waals surface area (Å²) < 4.78 is 6.62. The van der Waals surface area contributed by atoms with Crippen molar-refractivity contribution in [2.45, 2.75) is 39.8 Å². The van der Waals surface area contributed by atoms with Gasteiger partial charge >= 0.3 is 5.97 Å². The number of nitrogens with zero attached hydrogens (tertiary/aromatic N) is 4. The molecule has 0 aromatic carbocycles. The highest BCUT2D eigenvalue weighted by molar-refractivity contribution is 5.73. The average Bonchev–Trinajstić information content (AvgIpc) is 2.75. The summed E-state index contributed by atoms with van der Waals surface area (Å²) >= 11 is 0. The predicted octanol–water partition coefficient (Wildman–Crippen LogP) is 0.881. The molecule has 17 heavy (non-hydrogen) atoms. The minimum atomic E-state index is -0.877. The Kier molecular flexibility index (Phi) is 4.17. The lowest BCUT2D eigenvalue weighted by Crippen LogP contribution is -2.33. The summed E-state index contributed by atoms with van der Waals surface area (Å²) in [6.07, 6.45) is 0.239. The Morgan fingerprint density at radius 3 is 2.76 bits per heavy atom. The Bertz CT molecular complexity index is 393. The average molecular weight is 242 g/mol. The standard InChI is InChI=1S/C10H18N4O3/c1-5-10(3,9(15)16)6-14-8(7(2)17-4)11-12-13-14/h7H,5-6H2,1-4H3,(H,15,16). The van der Waals surface area contributed by atoms with Crippen LogP contribution >= 0.6 is 0 Å². The third kappa shape index (κ3) is 2.79. The molecule has 0 radical (unpaired) electrons. The predicted molar refractivity (Wildman–Crippen MR) is 59.3 cm³/mol. The molecule has 0 bridgehead atoms. The Hall–Kier alpha value is -1.50. The lowest BCUT2D eigenvalue weighted by atomic mass is 9.88. The highest BCUT2D eigenvalue weighted by atomic mass is 16.5. The summed E-state index contributed by atoms with van der Waals surface area (Å²) in [5, 5.41) is 20.4. The molecule has 1 aromatic rings. The molecule has 2 atom stereocenters. The zero-order valence-electron chi connectivity index (χ0n) is 10.5. The van der Waals surface area contributed by atoms with Crippen LogP contribution in [0.3, 0.4) is 0 Å². The minimum absolute atomic E-state index is 0.231. The van der Waals surface area contributed by atoms with Crippen molar-refractivity contribution in [3.63, 3.8) is 0 Å². The Labute approximate surface area is 99.8 Å². The van der Waals surface area contributed by atoms with Crippen molar-refractivity contribution >= 4 is 5.97 Å². The highest BCUT2D eigenvalue weighted by Crippen LogP contribution is 2.25. The molecular formula is C10H18N4O3. The smallest absolute Gasteiger partial charge is 0.311 e. The van der Waals surface area contributed by atoms with E-state index in [0.29, 0.717) is 12.2 Å². The molecule has 7 heteroatoms. The quantitative estimate of drug-likeness (QED) is 0.796. The van der Waals surface area contributed by atoms with Crippen LogP contribution in [0.4, 0.5) is 0 Å². The Balaban J connectivity index is 2.95. The van der Waals surface area contributed by atoms with E-state index in [1.165, 1.54) is 4.68 Å². The van der Waals surface area contributed by atoms with Crippen LogP contribution in [0.1, 0.15) is 39.1 Å². The van der Waals surface area contributed by atoms with Gasteiger partial charge in [0.25, 0.3) is 0 Å². The van der Waals surface area contributed by atoms with Gasteiger partial charge in [-0.25, -0.2) is 4.68 Å². The number of tetrazole rings is 1. The van der Waals surface area contributed by atoms with Gasteiger partial charge in [-0.3, -0.25) is 4.79 Å². The van der Waals surface area contributed by atoms with Crippen LogP contribution < -0.4 is 0 Å². The molecule has 0 aliphatic heterocycles. The summed E-state index contributed by atoms with van der Waals surface area (Å²) in [7, 11) is 1.56. The third-order valence-corrected chi connectivity index (χ3v) is 3.07. The summed E-state index contributed by atoms with van der Waals surface area (Å²) in [6.45, 7) is 5.55. The van der Waals surface area contributed by atoms with Crippen molar-refractivity contribution in [1.82, 2.24) is 20.2 Å². The topological polar surface area (TPSA) is 90.1 Å². The fourth-order valence-electron chi connectivity index (χ4n) is 1.38. The number of aromatic nitrogens is 4. The maximum Gasteiger partial charge on any atom is 0.311 e. The van der Waals surface area contributed by atoms with Gasteiger partial charge in [-0.15, -0.1) is 5.10 Å². The van der Waals surface area contributed by atoms with Gasteiger partial charge in [0.05, 0.1) is 12.0 Å². The maximum absolute atomic E-state index is 11.2. The van der Waals surface area contributed by atoms with Crippen LogP contribution in [0.15, 0.2) is 0 Å². The number of carboxylic acid groups (broad SMARTS) is 1. The van der Waals surface area contributed by atoms with E-state index in [2.05, 4.69) is 15.5 Å². The van der Waals surface area contributed by atoms with Crippen molar-refractivity contribution in [1.29, 1.82) is 0 Å². The van der Waals surface area contributed by atoms with Gasteiger partial charge in [0.15, 0.2) is 5.82 Å². The van der Waals surface area contributed by atoms with Gasteiger partial charge in [-0.05, 0) is 30.7 Å². The second-order valence-electron chi connectivity index (χ2n) is 4.29. The molecule has 0 fully saturated rings. The molecule has 96 valence electrons. The summed E-state index contributed by atoms with van der Waals surface area (Å²) in [6, 6.07) is 0. The van der Waals surface area contributed by atoms with E-state index in [0.717, 1.165) is 0 Å². The normalized spacial score (nSPS) is 16.5. The van der Waals surface area contributed by atoms with Crippen LogP contribution in [-0.4, -0.2) is 38.4 Å². The third-order valence-electron chi connectivity index (χ3n) is 3.07. The van der Waals surface area contributed by atoms with Crippen molar-refractivity contribution in [3.8, 4) is 0 Å². The molecule has 1 heterocycles. The summed E-state index contributed by atoms with van der Waals surface area (Å²) in [5.74, 6) is -0.319. The fraction of sp³-hybridized carbons (Fsp3) is 0.800. The number of hydrogen-bond donors (Lipinski definition) is 1. The van der Waals surface area contributed by atoms with Gasteiger partial charge in [-0.1, -0.05) is 6.92 Å². The van der Waals surface area contributed by atoms with E-state index in [9.17, 15) is 9.90 Å². The zero-order valence-corrected chi connectivity index (χ0v) is 10.5. The molecular weight excluding hydrogens is 224 g/mol. The molecule has 0 amide bonds. The summed E-state index contributed by atoms with van der Waals surface area (Å²) in [5.41, 5.74) is -0.877. The van der Waals surface area contributed by atoms with Crippen molar-refractivity contribution in [3.05, 3.63) is 5.82 Å². The highest BCUT2D eigenvalue weighted by Gasteiger charge is 2.33. The molecule has 0 saturated heterocycles. The van der Waals surface area contributed by atoms with E-state index in [1.54, 1.807) is 14.0 Å². The fourth-order valence-corrected chi connectivity index (χ4v) is 1.38. The lowest BCUT2D eigenvalue weighted by molar-refractivity contribution is -0.149. The van der Waals surface area contributed by atoms with Gasteiger partial charge in [0.2, 0.25) is 0 Å².